The second-order valence-electron chi connectivity index (χ2n) is 5.28. The highest BCUT2D eigenvalue weighted by molar-refractivity contribution is 5.86. The lowest BCUT2D eigenvalue weighted by Crippen LogP contribution is -2.38. The molecule has 1 aliphatic carbocycles. The average Bonchev–Trinajstić information content (AvgIpc) is 2.88. The van der Waals surface area contributed by atoms with Gasteiger partial charge in [0.05, 0.1) is 13.2 Å². The predicted octanol–water partition coefficient (Wildman–Crippen LogP) is 1.40. The largest absolute Gasteiger partial charge is 0.477 e. The Kier molecular flexibility index (Phi) is 3.35. The molecule has 0 unspecified atom stereocenters. The van der Waals surface area contributed by atoms with Crippen molar-refractivity contribution in [3.8, 4) is 0 Å². The molecular formula is C14H17NO5. The fourth-order valence-electron chi connectivity index (χ4n) is 3.07. The number of carboxylic acids is 1. The normalized spacial score (nSPS) is 22.2. The van der Waals surface area contributed by atoms with E-state index in [1.54, 1.807) is 12.3 Å². The molecule has 6 heteroatoms. The summed E-state index contributed by atoms with van der Waals surface area (Å²) < 4.78 is 12.8. The van der Waals surface area contributed by atoms with Gasteiger partial charge in [-0.25, -0.2) is 4.79 Å². The quantitative estimate of drug-likeness (QED) is 0.885. The van der Waals surface area contributed by atoms with E-state index in [-0.39, 0.29) is 11.6 Å². The zero-order chi connectivity index (χ0) is 14.2. The second-order valence-corrected chi connectivity index (χ2v) is 5.28. The number of aromatic nitrogens is 1. The Bertz CT molecular complexity index is 563. The smallest absolute Gasteiger partial charge is 0.341 e. The summed E-state index contributed by atoms with van der Waals surface area (Å²) in [5.74, 6) is -1.65. The molecule has 1 saturated carbocycles. The van der Waals surface area contributed by atoms with Crippen LogP contribution in [0.15, 0.2) is 23.1 Å². The Morgan fingerprint density at radius 1 is 1.30 bits per heavy atom. The van der Waals surface area contributed by atoms with Gasteiger partial charge in [0, 0.05) is 25.1 Å². The zero-order valence-electron chi connectivity index (χ0n) is 11.1. The number of hydrogen-bond donors (Lipinski definition) is 1. The molecule has 1 aliphatic heterocycles. The van der Waals surface area contributed by atoms with E-state index in [9.17, 15) is 9.59 Å². The maximum Gasteiger partial charge on any atom is 0.341 e. The van der Waals surface area contributed by atoms with E-state index in [1.807, 2.05) is 0 Å². The van der Waals surface area contributed by atoms with E-state index < -0.39 is 17.3 Å². The molecule has 0 amide bonds. The van der Waals surface area contributed by atoms with Gasteiger partial charge in [-0.1, -0.05) is 0 Å². The van der Waals surface area contributed by atoms with Crippen molar-refractivity contribution in [3.63, 3.8) is 0 Å². The topological polar surface area (TPSA) is 77.8 Å². The van der Waals surface area contributed by atoms with Gasteiger partial charge in [0.2, 0.25) is 0 Å². The molecule has 2 heterocycles. The summed E-state index contributed by atoms with van der Waals surface area (Å²) in [4.78, 5) is 23.1. The van der Waals surface area contributed by atoms with Gasteiger partial charge in [0.1, 0.15) is 5.56 Å². The fourth-order valence-corrected chi connectivity index (χ4v) is 3.07. The lowest BCUT2D eigenvalue weighted by molar-refractivity contribution is -0.181. The highest BCUT2D eigenvalue weighted by Crippen LogP contribution is 2.39. The van der Waals surface area contributed by atoms with Gasteiger partial charge in [-0.05, 0) is 25.0 Å². The van der Waals surface area contributed by atoms with Crippen LogP contribution < -0.4 is 5.56 Å². The van der Waals surface area contributed by atoms with E-state index >= 15 is 0 Å². The minimum atomic E-state index is -1.18. The molecular weight excluding hydrogens is 262 g/mol. The van der Waals surface area contributed by atoms with Crippen LogP contribution in [0.25, 0.3) is 0 Å². The van der Waals surface area contributed by atoms with Crippen LogP contribution in [0, 0.1) is 0 Å². The highest BCUT2D eigenvalue weighted by Gasteiger charge is 2.40. The van der Waals surface area contributed by atoms with Crippen LogP contribution in [-0.4, -0.2) is 34.6 Å². The van der Waals surface area contributed by atoms with Crippen molar-refractivity contribution in [2.75, 3.05) is 13.2 Å². The van der Waals surface area contributed by atoms with Crippen LogP contribution in [0.5, 0.6) is 0 Å². The van der Waals surface area contributed by atoms with E-state index in [0.717, 1.165) is 25.7 Å². The number of aromatic carboxylic acids is 1. The lowest BCUT2D eigenvalue weighted by atomic mass is 9.89. The number of pyridine rings is 1. The summed E-state index contributed by atoms with van der Waals surface area (Å²) in [6.45, 7) is 1.25. The maximum atomic E-state index is 12.1. The Hall–Kier alpha value is -1.66. The predicted molar refractivity (Wildman–Crippen MR) is 69.8 cm³/mol. The molecule has 3 rings (SSSR count). The van der Waals surface area contributed by atoms with E-state index in [1.165, 1.54) is 10.6 Å². The van der Waals surface area contributed by atoms with Crippen molar-refractivity contribution in [1.82, 2.24) is 4.57 Å². The maximum absolute atomic E-state index is 12.1. The van der Waals surface area contributed by atoms with Crippen molar-refractivity contribution in [2.24, 2.45) is 0 Å². The number of carbonyl (C=O) groups is 1. The SMILES string of the molecule is O=C(O)c1cccn(C2CCC3(CC2)OCCO3)c1=O. The fraction of sp³-hybridized carbons (Fsp3) is 0.571. The van der Waals surface area contributed by atoms with E-state index in [2.05, 4.69) is 0 Å². The monoisotopic (exact) mass is 279 g/mol. The first-order valence-electron chi connectivity index (χ1n) is 6.84. The first-order valence-corrected chi connectivity index (χ1v) is 6.84. The number of rotatable bonds is 2. The standard InChI is InChI=1S/C14H17NO5/c16-12-11(13(17)18)2-1-7-15(12)10-3-5-14(6-4-10)19-8-9-20-14/h1-2,7,10H,3-6,8-9H2,(H,17,18). The second kappa shape index (κ2) is 5.03. The van der Waals surface area contributed by atoms with Crippen molar-refractivity contribution in [1.29, 1.82) is 0 Å². The summed E-state index contributed by atoms with van der Waals surface area (Å²) in [5.41, 5.74) is -0.615. The highest BCUT2D eigenvalue weighted by atomic mass is 16.7. The Labute approximate surface area is 115 Å². The Balaban J connectivity index is 1.80. The van der Waals surface area contributed by atoms with Crippen LogP contribution in [0.1, 0.15) is 42.1 Å². The molecule has 1 N–H and O–H groups in total. The summed E-state index contributed by atoms with van der Waals surface area (Å²) in [6.07, 6.45) is 4.64. The number of nitrogens with zero attached hydrogens (tertiary/aromatic N) is 1. The lowest BCUT2D eigenvalue weighted by Gasteiger charge is -2.36. The van der Waals surface area contributed by atoms with Crippen LogP contribution >= 0.6 is 0 Å². The third-order valence-electron chi connectivity index (χ3n) is 4.13. The minimum Gasteiger partial charge on any atom is -0.477 e. The first kappa shape index (κ1) is 13.3. The summed E-state index contributed by atoms with van der Waals surface area (Å²) in [7, 11) is 0. The first-order chi connectivity index (χ1) is 9.61. The van der Waals surface area contributed by atoms with Gasteiger partial charge in [-0.15, -0.1) is 0 Å². The van der Waals surface area contributed by atoms with Crippen LogP contribution in [0.4, 0.5) is 0 Å². The molecule has 1 aromatic heterocycles. The molecule has 0 aromatic carbocycles. The number of hydrogen-bond acceptors (Lipinski definition) is 4. The Morgan fingerprint density at radius 3 is 2.55 bits per heavy atom. The van der Waals surface area contributed by atoms with Crippen molar-refractivity contribution >= 4 is 5.97 Å². The van der Waals surface area contributed by atoms with Gasteiger partial charge >= 0.3 is 5.97 Å². The van der Waals surface area contributed by atoms with E-state index in [4.69, 9.17) is 14.6 Å². The van der Waals surface area contributed by atoms with Gasteiger partial charge in [-0.3, -0.25) is 4.79 Å². The average molecular weight is 279 g/mol. The molecule has 6 nitrogen and oxygen atoms in total. The third kappa shape index (κ3) is 2.25. The minimum absolute atomic E-state index is 0.0141. The number of carboxylic acid groups (broad SMARTS) is 1. The molecule has 1 saturated heterocycles. The Morgan fingerprint density at radius 2 is 1.95 bits per heavy atom. The molecule has 0 radical (unpaired) electrons. The van der Waals surface area contributed by atoms with Crippen LogP contribution in [-0.2, 0) is 9.47 Å². The molecule has 1 spiro atoms. The van der Waals surface area contributed by atoms with Gasteiger partial charge in [0.25, 0.3) is 5.56 Å². The van der Waals surface area contributed by atoms with Gasteiger partial charge < -0.3 is 19.1 Å². The molecule has 1 aromatic rings. The zero-order valence-corrected chi connectivity index (χ0v) is 11.1. The summed E-state index contributed by atoms with van der Waals surface area (Å²) in [6, 6.07) is 2.96. The molecule has 2 fully saturated rings. The van der Waals surface area contributed by atoms with Gasteiger partial charge in [0.15, 0.2) is 5.79 Å². The van der Waals surface area contributed by atoms with Crippen molar-refractivity contribution in [2.45, 2.75) is 37.5 Å². The summed E-state index contributed by atoms with van der Waals surface area (Å²) in [5, 5.41) is 9.00. The summed E-state index contributed by atoms with van der Waals surface area (Å²) >= 11 is 0. The molecule has 108 valence electrons. The van der Waals surface area contributed by atoms with Crippen LogP contribution in [0.2, 0.25) is 0 Å². The van der Waals surface area contributed by atoms with Crippen LogP contribution in [0.3, 0.4) is 0 Å². The molecule has 2 aliphatic rings. The molecule has 20 heavy (non-hydrogen) atoms. The van der Waals surface area contributed by atoms with E-state index in [0.29, 0.717) is 13.2 Å². The van der Waals surface area contributed by atoms with Crippen molar-refractivity contribution < 1.29 is 19.4 Å². The van der Waals surface area contributed by atoms with Gasteiger partial charge in [-0.2, -0.15) is 0 Å². The third-order valence-corrected chi connectivity index (χ3v) is 4.13. The number of ether oxygens (including phenoxy) is 2. The van der Waals surface area contributed by atoms with Crippen molar-refractivity contribution in [3.05, 3.63) is 34.2 Å². The molecule has 0 bridgehead atoms. The molecule has 0 atom stereocenters.